The molecule has 7 nitrogen and oxygen atoms in total. The number of hydroxylamine groups is 2. The summed E-state index contributed by atoms with van der Waals surface area (Å²) in [6.07, 6.45) is 5.01. The zero-order chi connectivity index (χ0) is 16.3. The van der Waals surface area contributed by atoms with Gasteiger partial charge in [-0.2, -0.15) is 0 Å². The van der Waals surface area contributed by atoms with Crippen molar-refractivity contribution in [1.29, 1.82) is 0 Å². The second-order valence-electron chi connectivity index (χ2n) is 5.41. The van der Waals surface area contributed by atoms with Gasteiger partial charge in [0.15, 0.2) is 5.65 Å². The second-order valence-corrected chi connectivity index (χ2v) is 5.41. The molecule has 3 heterocycles. The van der Waals surface area contributed by atoms with Crippen LogP contribution in [0.1, 0.15) is 24.8 Å². The average molecular weight is 314 g/mol. The predicted octanol–water partition coefficient (Wildman–Crippen LogP) is 1.38. The van der Waals surface area contributed by atoms with Crippen molar-refractivity contribution in [2.24, 2.45) is 0 Å². The van der Waals surface area contributed by atoms with Crippen molar-refractivity contribution in [3.05, 3.63) is 35.3 Å². The lowest BCUT2D eigenvalue weighted by atomic mass is 10.2. The molecule has 1 aliphatic rings. The van der Waals surface area contributed by atoms with E-state index in [-0.39, 0.29) is 19.0 Å². The van der Waals surface area contributed by atoms with E-state index in [1.165, 1.54) is 6.20 Å². The van der Waals surface area contributed by atoms with Gasteiger partial charge in [-0.3, -0.25) is 4.40 Å². The highest BCUT2D eigenvalue weighted by Gasteiger charge is 2.36. The van der Waals surface area contributed by atoms with E-state index in [0.29, 0.717) is 37.0 Å². The fourth-order valence-corrected chi connectivity index (χ4v) is 2.63. The van der Waals surface area contributed by atoms with E-state index in [4.69, 9.17) is 5.11 Å². The first-order valence-electron chi connectivity index (χ1n) is 7.60. The topological polar surface area (TPSA) is 89.7 Å². The van der Waals surface area contributed by atoms with Gasteiger partial charge in [0.05, 0.1) is 12.1 Å². The number of quaternary nitrogens is 1. The summed E-state index contributed by atoms with van der Waals surface area (Å²) in [5.41, 5.74) is 1.26. The molecule has 1 atom stereocenters. The third-order valence-corrected chi connectivity index (χ3v) is 3.82. The van der Waals surface area contributed by atoms with Gasteiger partial charge < -0.3 is 15.6 Å². The lowest BCUT2D eigenvalue weighted by Gasteiger charge is -2.40. The lowest BCUT2D eigenvalue weighted by Crippen LogP contribution is -2.59. The van der Waals surface area contributed by atoms with E-state index in [2.05, 4.69) is 22.1 Å². The number of pyridine rings is 1. The van der Waals surface area contributed by atoms with Crippen molar-refractivity contribution in [2.45, 2.75) is 19.3 Å². The van der Waals surface area contributed by atoms with E-state index in [1.54, 1.807) is 16.7 Å². The standard InChI is InChI=1S/C16H18N4O3/c21-11-3-1-2-6-13-7-4-9-19-14(12-18-15(13)19)20(23)10-5-8-17-16(20)22/h4,7,9,12,21H,1,3,5,8,10-11H2,(H,17,22). The molecule has 2 aromatic rings. The maximum absolute atomic E-state index is 12.9. The number of aliphatic hydroxyl groups is 1. The first-order chi connectivity index (χ1) is 11.2. The number of carbonyl (C=O) groups excluding carboxylic acids is 1. The van der Waals surface area contributed by atoms with Crippen LogP contribution < -0.4 is 9.96 Å². The summed E-state index contributed by atoms with van der Waals surface area (Å²) < 4.78 is 0.580. The normalized spacial score (nSPS) is 20.9. The smallest absolute Gasteiger partial charge is 0.422 e. The molecule has 120 valence electrons. The fourth-order valence-electron chi connectivity index (χ4n) is 2.63. The van der Waals surface area contributed by atoms with Gasteiger partial charge >= 0.3 is 6.03 Å². The average Bonchev–Trinajstić information content (AvgIpc) is 3.00. The number of aromatic nitrogens is 2. The Hall–Kier alpha value is -2.40. The fraction of sp³-hybridized carbons (Fsp3) is 0.375. The molecule has 1 aliphatic heterocycles. The van der Waals surface area contributed by atoms with Crippen molar-refractivity contribution >= 4 is 17.5 Å². The minimum absolute atomic E-state index is 0.109. The molecule has 0 aromatic carbocycles. The van der Waals surface area contributed by atoms with Crippen molar-refractivity contribution < 1.29 is 9.90 Å². The van der Waals surface area contributed by atoms with Crippen molar-refractivity contribution in [3.63, 3.8) is 0 Å². The molecule has 0 radical (unpaired) electrons. The molecule has 0 bridgehead atoms. The molecule has 2 aromatic heterocycles. The summed E-state index contributed by atoms with van der Waals surface area (Å²) in [6.45, 7) is 0.836. The van der Waals surface area contributed by atoms with Crippen LogP contribution in [0, 0.1) is 17.0 Å². The highest BCUT2D eigenvalue weighted by molar-refractivity contribution is 5.88. The number of imidazole rings is 1. The van der Waals surface area contributed by atoms with Crippen LogP contribution in [-0.2, 0) is 0 Å². The maximum atomic E-state index is 12.9. The van der Waals surface area contributed by atoms with Crippen molar-refractivity contribution in [1.82, 2.24) is 19.3 Å². The number of fused-ring (bicyclic) bond motifs is 1. The summed E-state index contributed by atoms with van der Waals surface area (Å²) in [4.78, 5) is 16.3. The second kappa shape index (κ2) is 6.38. The lowest BCUT2D eigenvalue weighted by molar-refractivity contribution is 0.205. The van der Waals surface area contributed by atoms with Gasteiger partial charge in [0.25, 0.3) is 0 Å². The molecule has 7 heteroatoms. The van der Waals surface area contributed by atoms with Crippen LogP contribution in [0.2, 0.25) is 0 Å². The zero-order valence-electron chi connectivity index (χ0n) is 12.7. The minimum Gasteiger partial charge on any atom is -0.617 e. The number of nitrogens with zero attached hydrogens (tertiary/aromatic N) is 3. The van der Waals surface area contributed by atoms with Crippen LogP contribution in [0.3, 0.4) is 0 Å². The molecule has 1 unspecified atom stereocenters. The van der Waals surface area contributed by atoms with Crippen molar-refractivity contribution in [3.8, 4) is 11.8 Å². The Morgan fingerprint density at radius 1 is 1.52 bits per heavy atom. The molecule has 3 rings (SSSR count). The largest absolute Gasteiger partial charge is 0.617 e. The number of urea groups is 1. The highest BCUT2D eigenvalue weighted by Crippen LogP contribution is 2.26. The Balaban J connectivity index is 2.01. The van der Waals surface area contributed by atoms with Gasteiger partial charge in [0, 0.05) is 32.2 Å². The van der Waals surface area contributed by atoms with Crippen LogP contribution in [0.25, 0.3) is 5.65 Å². The Kier molecular flexibility index (Phi) is 4.30. The van der Waals surface area contributed by atoms with Gasteiger partial charge in [0.2, 0.25) is 5.82 Å². The third-order valence-electron chi connectivity index (χ3n) is 3.82. The van der Waals surface area contributed by atoms with E-state index < -0.39 is 10.7 Å². The number of rotatable bonds is 3. The molecule has 2 amide bonds. The number of unbranched alkanes of at least 4 members (excludes halogenated alkanes) is 1. The minimum atomic E-state index is -1.05. The quantitative estimate of drug-likeness (QED) is 0.387. The molecule has 0 saturated carbocycles. The van der Waals surface area contributed by atoms with Gasteiger partial charge in [-0.05, 0) is 18.6 Å². The Bertz CT molecular complexity index is 789. The number of nitrogens with one attached hydrogen (secondary N) is 1. The molecule has 1 saturated heterocycles. The van der Waals surface area contributed by atoms with Gasteiger partial charge in [-0.25, -0.2) is 14.4 Å². The van der Waals surface area contributed by atoms with Gasteiger partial charge in [-0.1, -0.05) is 11.8 Å². The Labute approximate surface area is 133 Å². The van der Waals surface area contributed by atoms with E-state index in [0.717, 1.165) is 0 Å². The number of hydrogen-bond acceptors (Lipinski definition) is 4. The third kappa shape index (κ3) is 2.80. The van der Waals surface area contributed by atoms with Crippen molar-refractivity contribution in [2.75, 3.05) is 19.7 Å². The summed E-state index contributed by atoms with van der Waals surface area (Å²) >= 11 is 0. The molecule has 1 fully saturated rings. The number of amides is 2. The van der Waals surface area contributed by atoms with Gasteiger partial charge in [0.1, 0.15) is 6.20 Å². The molecular formula is C16H18N4O3. The number of carbonyl (C=O) groups is 1. The SMILES string of the molecule is O=C1NCCC[N+]1([O-])c1cnc2c(C#CCCCO)cccn12. The number of hydrogen-bond donors (Lipinski definition) is 2. The monoisotopic (exact) mass is 314 g/mol. The maximum Gasteiger partial charge on any atom is 0.422 e. The summed E-state index contributed by atoms with van der Waals surface area (Å²) in [7, 11) is 0. The predicted molar refractivity (Wildman–Crippen MR) is 86.4 cm³/mol. The molecular weight excluding hydrogens is 296 g/mol. The molecule has 2 N–H and O–H groups in total. The summed E-state index contributed by atoms with van der Waals surface area (Å²) in [5.74, 6) is 6.27. The number of aliphatic hydroxyl groups excluding tert-OH is 1. The first-order valence-corrected chi connectivity index (χ1v) is 7.60. The van der Waals surface area contributed by atoms with Crippen LogP contribution in [0.5, 0.6) is 0 Å². The Morgan fingerprint density at radius 2 is 2.39 bits per heavy atom. The molecule has 0 aliphatic carbocycles. The first kappa shape index (κ1) is 15.5. The van der Waals surface area contributed by atoms with Crippen LogP contribution >= 0.6 is 0 Å². The van der Waals surface area contributed by atoms with Crippen LogP contribution in [0.4, 0.5) is 10.6 Å². The van der Waals surface area contributed by atoms with E-state index in [9.17, 15) is 10.0 Å². The highest BCUT2D eigenvalue weighted by atomic mass is 16.6. The molecule has 0 spiro atoms. The zero-order valence-corrected chi connectivity index (χ0v) is 12.7. The molecule has 23 heavy (non-hydrogen) atoms. The van der Waals surface area contributed by atoms with E-state index in [1.807, 2.05) is 6.07 Å². The summed E-state index contributed by atoms with van der Waals surface area (Å²) in [5, 5.41) is 24.3. The van der Waals surface area contributed by atoms with E-state index >= 15 is 0 Å². The summed E-state index contributed by atoms with van der Waals surface area (Å²) in [6, 6.07) is 3.05. The van der Waals surface area contributed by atoms with Gasteiger partial charge in [-0.15, -0.1) is 0 Å². The Morgan fingerprint density at radius 3 is 3.17 bits per heavy atom. The van der Waals surface area contributed by atoms with Crippen LogP contribution in [-0.4, -0.2) is 40.2 Å². The van der Waals surface area contributed by atoms with Crippen LogP contribution in [0.15, 0.2) is 24.5 Å².